The van der Waals surface area contributed by atoms with Crippen molar-refractivity contribution in [2.24, 2.45) is 0 Å². The molecule has 26 heavy (non-hydrogen) atoms. The zero-order valence-electron chi connectivity index (χ0n) is 15.9. The molecule has 0 fully saturated rings. The second kappa shape index (κ2) is 9.13. The molecule has 0 bridgehead atoms. The Morgan fingerprint density at radius 2 is 1.85 bits per heavy atom. The van der Waals surface area contributed by atoms with E-state index in [0.29, 0.717) is 29.5 Å². The third-order valence-corrected chi connectivity index (χ3v) is 4.48. The first-order valence-electron chi connectivity index (χ1n) is 9.00. The lowest BCUT2D eigenvalue weighted by Gasteiger charge is -2.22. The fraction of sp³-hybridized carbons (Fsp3) is 0.381. The van der Waals surface area contributed by atoms with Crippen molar-refractivity contribution in [3.63, 3.8) is 0 Å². The van der Waals surface area contributed by atoms with Crippen molar-refractivity contribution in [1.29, 1.82) is 0 Å². The highest BCUT2D eigenvalue weighted by atomic mass is 16.5. The summed E-state index contributed by atoms with van der Waals surface area (Å²) in [6.45, 7) is 6.21. The summed E-state index contributed by atoms with van der Waals surface area (Å²) < 4.78 is 11.4. The van der Waals surface area contributed by atoms with Crippen molar-refractivity contribution in [2.75, 3.05) is 18.2 Å². The van der Waals surface area contributed by atoms with E-state index in [1.54, 1.807) is 25.3 Å². The normalized spacial score (nSPS) is 12.9. The van der Waals surface area contributed by atoms with Gasteiger partial charge in [0.1, 0.15) is 11.5 Å². The third kappa shape index (κ3) is 4.69. The van der Waals surface area contributed by atoms with E-state index < -0.39 is 6.10 Å². The van der Waals surface area contributed by atoms with E-state index in [4.69, 9.17) is 15.2 Å². The molecule has 5 nitrogen and oxygen atoms in total. The zero-order chi connectivity index (χ0) is 19.1. The summed E-state index contributed by atoms with van der Waals surface area (Å²) in [5.74, 6) is 1.45. The Kier molecular flexibility index (Phi) is 6.89. The molecule has 0 heterocycles. The SMILES string of the molecule is CC[C@@H](Oc1ccccc1[C@@H](C)CC)C(=O)Nc1cc(N)ccc1OC. The number of carbonyl (C=O) groups is 1. The number of benzene rings is 2. The van der Waals surface area contributed by atoms with E-state index in [2.05, 4.69) is 25.2 Å². The van der Waals surface area contributed by atoms with Gasteiger partial charge in [0, 0.05) is 5.69 Å². The minimum atomic E-state index is -0.605. The molecule has 2 atom stereocenters. The van der Waals surface area contributed by atoms with Gasteiger partial charge in [-0.3, -0.25) is 4.79 Å². The van der Waals surface area contributed by atoms with Crippen LogP contribution in [0.25, 0.3) is 0 Å². The monoisotopic (exact) mass is 356 g/mol. The van der Waals surface area contributed by atoms with Crippen LogP contribution in [0.2, 0.25) is 0 Å². The zero-order valence-corrected chi connectivity index (χ0v) is 15.9. The molecule has 0 radical (unpaired) electrons. The van der Waals surface area contributed by atoms with E-state index in [0.717, 1.165) is 17.7 Å². The largest absolute Gasteiger partial charge is 0.495 e. The van der Waals surface area contributed by atoms with Crippen LogP contribution in [0.1, 0.15) is 45.1 Å². The standard InChI is InChI=1S/C21H28N2O3/c1-5-14(3)16-9-7-8-10-19(16)26-18(6-2)21(24)23-17-13-15(22)11-12-20(17)25-4/h7-14,18H,5-6,22H2,1-4H3,(H,23,24)/t14-,18+/m0/s1. The van der Waals surface area contributed by atoms with Crippen molar-refractivity contribution in [1.82, 2.24) is 0 Å². The van der Waals surface area contributed by atoms with E-state index in [9.17, 15) is 4.79 Å². The molecule has 140 valence electrons. The number of anilines is 2. The summed E-state index contributed by atoms with van der Waals surface area (Å²) in [5, 5.41) is 2.87. The maximum Gasteiger partial charge on any atom is 0.265 e. The minimum absolute atomic E-state index is 0.227. The molecule has 0 aliphatic carbocycles. The Labute approximate surface area is 155 Å². The summed E-state index contributed by atoms with van der Waals surface area (Å²) in [4.78, 5) is 12.7. The first-order valence-corrected chi connectivity index (χ1v) is 9.00. The Hall–Kier alpha value is -2.69. The Morgan fingerprint density at radius 3 is 2.50 bits per heavy atom. The van der Waals surface area contributed by atoms with Crippen LogP contribution in [0.4, 0.5) is 11.4 Å². The molecule has 2 aromatic carbocycles. The van der Waals surface area contributed by atoms with Crippen LogP contribution in [0.15, 0.2) is 42.5 Å². The fourth-order valence-corrected chi connectivity index (χ4v) is 2.73. The van der Waals surface area contributed by atoms with Gasteiger partial charge in [-0.05, 0) is 48.6 Å². The number of carbonyl (C=O) groups excluding carboxylic acids is 1. The van der Waals surface area contributed by atoms with Gasteiger partial charge in [0.05, 0.1) is 12.8 Å². The quantitative estimate of drug-likeness (QED) is 0.679. The van der Waals surface area contributed by atoms with Crippen molar-refractivity contribution < 1.29 is 14.3 Å². The van der Waals surface area contributed by atoms with Gasteiger partial charge in [0.2, 0.25) is 0 Å². The molecular weight excluding hydrogens is 328 g/mol. The van der Waals surface area contributed by atoms with Gasteiger partial charge in [-0.25, -0.2) is 0 Å². The average Bonchev–Trinajstić information content (AvgIpc) is 2.65. The molecular formula is C21H28N2O3. The molecule has 0 aliphatic rings. The number of nitrogen functional groups attached to an aromatic ring is 1. The highest BCUT2D eigenvalue weighted by molar-refractivity contribution is 5.96. The number of rotatable bonds is 8. The Bertz CT molecular complexity index is 746. The van der Waals surface area contributed by atoms with E-state index in [-0.39, 0.29) is 5.91 Å². The number of hydrogen-bond acceptors (Lipinski definition) is 4. The van der Waals surface area contributed by atoms with Gasteiger partial charge < -0.3 is 20.5 Å². The molecule has 0 aromatic heterocycles. The van der Waals surface area contributed by atoms with Crippen LogP contribution in [-0.2, 0) is 4.79 Å². The molecule has 0 aliphatic heterocycles. The van der Waals surface area contributed by atoms with Gasteiger partial charge in [-0.15, -0.1) is 0 Å². The number of nitrogens with one attached hydrogen (secondary N) is 1. The van der Waals surface area contributed by atoms with Crippen LogP contribution >= 0.6 is 0 Å². The van der Waals surface area contributed by atoms with Gasteiger partial charge in [-0.2, -0.15) is 0 Å². The predicted molar refractivity (Wildman–Crippen MR) is 106 cm³/mol. The molecule has 0 saturated carbocycles. The van der Waals surface area contributed by atoms with Crippen LogP contribution in [-0.4, -0.2) is 19.1 Å². The number of nitrogens with two attached hydrogens (primary N) is 1. The Balaban J connectivity index is 2.19. The molecule has 2 rings (SSSR count). The van der Waals surface area contributed by atoms with Gasteiger partial charge in [0.25, 0.3) is 5.91 Å². The Morgan fingerprint density at radius 1 is 1.12 bits per heavy atom. The van der Waals surface area contributed by atoms with Crippen LogP contribution < -0.4 is 20.5 Å². The summed E-state index contributed by atoms with van der Waals surface area (Å²) in [5.41, 5.74) is 8.02. The lowest BCUT2D eigenvalue weighted by Crippen LogP contribution is -2.32. The molecule has 1 amide bonds. The number of amides is 1. The number of methoxy groups -OCH3 is 1. The van der Waals surface area contributed by atoms with Gasteiger partial charge in [0.15, 0.2) is 6.10 Å². The summed E-state index contributed by atoms with van der Waals surface area (Å²) in [7, 11) is 1.55. The van der Waals surface area contributed by atoms with Gasteiger partial charge in [-0.1, -0.05) is 39.0 Å². The summed E-state index contributed by atoms with van der Waals surface area (Å²) in [6.07, 6.45) is 0.946. The topological polar surface area (TPSA) is 73.6 Å². The summed E-state index contributed by atoms with van der Waals surface area (Å²) >= 11 is 0. The second-order valence-electron chi connectivity index (χ2n) is 6.31. The van der Waals surface area contributed by atoms with Gasteiger partial charge >= 0.3 is 0 Å². The lowest BCUT2D eigenvalue weighted by atomic mass is 9.98. The first-order chi connectivity index (χ1) is 12.5. The molecule has 0 unspecified atom stereocenters. The molecule has 0 saturated heterocycles. The second-order valence-corrected chi connectivity index (χ2v) is 6.31. The first kappa shape index (κ1) is 19.6. The van der Waals surface area contributed by atoms with Crippen LogP contribution in [0.3, 0.4) is 0 Å². The van der Waals surface area contributed by atoms with Crippen molar-refractivity contribution in [3.05, 3.63) is 48.0 Å². The summed E-state index contributed by atoms with van der Waals surface area (Å²) in [6, 6.07) is 13.0. The van der Waals surface area contributed by atoms with E-state index >= 15 is 0 Å². The smallest absolute Gasteiger partial charge is 0.265 e. The fourth-order valence-electron chi connectivity index (χ4n) is 2.73. The van der Waals surface area contributed by atoms with E-state index in [1.807, 2.05) is 25.1 Å². The maximum atomic E-state index is 12.7. The highest BCUT2D eigenvalue weighted by Crippen LogP contribution is 2.30. The van der Waals surface area contributed by atoms with Crippen molar-refractivity contribution in [3.8, 4) is 11.5 Å². The molecule has 2 aromatic rings. The van der Waals surface area contributed by atoms with Crippen LogP contribution in [0, 0.1) is 0 Å². The maximum absolute atomic E-state index is 12.7. The van der Waals surface area contributed by atoms with E-state index in [1.165, 1.54) is 0 Å². The third-order valence-electron chi connectivity index (χ3n) is 4.48. The average molecular weight is 356 g/mol. The molecule has 0 spiro atoms. The molecule has 3 N–H and O–H groups in total. The van der Waals surface area contributed by atoms with Crippen LogP contribution in [0.5, 0.6) is 11.5 Å². The van der Waals surface area contributed by atoms with Crippen molar-refractivity contribution in [2.45, 2.75) is 45.6 Å². The van der Waals surface area contributed by atoms with Crippen molar-refractivity contribution >= 4 is 17.3 Å². The number of hydrogen-bond donors (Lipinski definition) is 2. The number of para-hydroxylation sites is 1. The number of ether oxygens (including phenoxy) is 2. The highest BCUT2D eigenvalue weighted by Gasteiger charge is 2.22. The predicted octanol–water partition coefficient (Wildman–Crippen LogP) is 4.59. The lowest BCUT2D eigenvalue weighted by molar-refractivity contribution is -0.122. The minimum Gasteiger partial charge on any atom is -0.495 e. The molecule has 5 heteroatoms.